The Morgan fingerprint density at radius 3 is 2.80 bits per heavy atom. The van der Waals surface area contributed by atoms with E-state index in [1.54, 1.807) is 0 Å². The lowest BCUT2D eigenvalue weighted by Crippen LogP contribution is -2.18. The molecule has 0 unspecified atom stereocenters. The van der Waals surface area contributed by atoms with E-state index in [1.165, 1.54) is 12.3 Å². The second-order valence-electron chi connectivity index (χ2n) is 4.27. The molecule has 2 rings (SSSR count). The van der Waals surface area contributed by atoms with Gasteiger partial charge in [-0.05, 0) is 17.7 Å². The average Bonchev–Trinajstić information content (AvgIpc) is 2.41. The van der Waals surface area contributed by atoms with Crippen LogP contribution in [0.5, 0.6) is 0 Å². The zero-order valence-electron chi connectivity index (χ0n) is 10.7. The van der Waals surface area contributed by atoms with Gasteiger partial charge in [0.1, 0.15) is 5.82 Å². The lowest BCUT2D eigenvalue weighted by Gasteiger charge is -2.19. The Labute approximate surface area is 130 Å². The monoisotopic (exact) mass is 354 g/mol. The predicted octanol–water partition coefficient (Wildman–Crippen LogP) is 3.83. The summed E-state index contributed by atoms with van der Waals surface area (Å²) < 4.78 is 0.999. The standard InChI is InChI=1S/C14H12BrClN2O2/c1-18(8-9-4-2-3-5-11(9)15)13-6-10(14(19)20)12(16)7-17-13/h2-7H,8H2,1H3,(H,19,20). The van der Waals surface area contributed by atoms with Crippen LogP contribution in [0.15, 0.2) is 41.0 Å². The van der Waals surface area contributed by atoms with Gasteiger partial charge in [0, 0.05) is 24.3 Å². The van der Waals surface area contributed by atoms with Gasteiger partial charge in [0.05, 0.1) is 10.6 Å². The summed E-state index contributed by atoms with van der Waals surface area (Å²) in [7, 11) is 1.85. The molecule has 4 nitrogen and oxygen atoms in total. The molecule has 6 heteroatoms. The summed E-state index contributed by atoms with van der Waals surface area (Å²) in [5.41, 5.74) is 1.14. The molecule has 0 aliphatic carbocycles. The molecule has 0 saturated carbocycles. The molecule has 0 radical (unpaired) electrons. The maximum absolute atomic E-state index is 11.1. The highest BCUT2D eigenvalue weighted by atomic mass is 79.9. The van der Waals surface area contributed by atoms with Crippen LogP contribution in [0, 0.1) is 0 Å². The molecule has 0 spiro atoms. The van der Waals surface area contributed by atoms with E-state index in [4.69, 9.17) is 16.7 Å². The van der Waals surface area contributed by atoms with E-state index in [0.717, 1.165) is 10.0 Å². The number of aromatic carboxylic acids is 1. The number of aromatic nitrogens is 1. The van der Waals surface area contributed by atoms with Crippen LogP contribution in [0.2, 0.25) is 5.02 Å². The Balaban J connectivity index is 2.26. The van der Waals surface area contributed by atoms with Crippen molar-refractivity contribution in [3.63, 3.8) is 0 Å². The second kappa shape index (κ2) is 6.24. The van der Waals surface area contributed by atoms with E-state index in [0.29, 0.717) is 12.4 Å². The van der Waals surface area contributed by atoms with Crippen LogP contribution in [-0.2, 0) is 6.54 Å². The van der Waals surface area contributed by atoms with E-state index in [1.807, 2.05) is 36.2 Å². The van der Waals surface area contributed by atoms with Gasteiger partial charge >= 0.3 is 5.97 Å². The fourth-order valence-electron chi connectivity index (χ4n) is 1.76. The van der Waals surface area contributed by atoms with Gasteiger partial charge in [0.2, 0.25) is 0 Å². The van der Waals surface area contributed by atoms with Crippen molar-refractivity contribution in [3.05, 3.63) is 57.2 Å². The lowest BCUT2D eigenvalue weighted by molar-refractivity contribution is 0.0697. The van der Waals surface area contributed by atoms with Crippen LogP contribution in [0.25, 0.3) is 0 Å². The van der Waals surface area contributed by atoms with Gasteiger partial charge in [-0.25, -0.2) is 9.78 Å². The van der Waals surface area contributed by atoms with Gasteiger partial charge in [-0.1, -0.05) is 45.7 Å². The number of nitrogens with zero attached hydrogens (tertiary/aromatic N) is 2. The summed E-state index contributed by atoms with van der Waals surface area (Å²) in [6.07, 6.45) is 1.36. The molecule has 0 saturated heterocycles. The second-order valence-corrected chi connectivity index (χ2v) is 5.54. The van der Waals surface area contributed by atoms with Crippen LogP contribution in [0.3, 0.4) is 0 Å². The van der Waals surface area contributed by atoms with Crippen LogP contribution in [0.1, 0.15) is 15.9 Å². The van der Waals surface area contributed by atoms with E-state index in [-0.39, 0.29) is 10.6 Å². The summed E-state index contributed by atoms with van der Waals surface area (Å²) in [4.78, 5) is 17.1. The van der Waals surface area contributed by atoms with Crippen molar-refractivity contribution in [2.24, 2.45) is 0 Å². The highest BCUT2D eigenvalue weighted by molar-refractivity contribution is 9.10. The molecule has 0 atom stereocenters. The first kappa shape index (κ1) is 14.8. The number of carbonyl (C=O) groups is 1. The molecule has 0 aliphatic heterocycles. The number of rotatable bonds is 4. The molecule has 1 aromatic carbocycles. The fraction of sp³-hybridized carbons (Fsp3) is 0.143. The minimum absolute atomic E-state index is 0.0515. The Morgan fingerprint density at radius 1 is 1.45 bits per heavy atom. The third kappa shape index (κ3) is 3.29. The molecule has 0 bridgehead atoms. The largest absolute Gasteiger partial charge is 0.478 e. The first-order chi connectivity index (χ1) is 9.49. The van der Waals surface area contributed by atoms with Gasteiger partial charge in [0.25, 0.3) is 0 Å². The molecule has 20 heavy (non-hydrogen) atoms. The number of pyridine rings is 1. The van der Waals surface area contributed by atoms with E-state index >= 15 is 0 Å². The van der Waals surface area contributed by atoms with Crippen LogP contribution in [0.4, 0.5) is 5.82 Å². The number of anilines is 1. The summed E-state index contributed by atoms with van der Waals surface area (Å²) in [5.74, 6) is -0.504. The SMILES string of the molecule is CN(Cc1ccccc1Br)c1cc(C(=O)O)c(Cl)cn1. The summed E-state index contributed by atoms with van der Waals surface area (Å²) in [5, 5.41) is 9.20. The van der Waals surface area contributed by atoms with Crippen molar-refractivity contribution in [3.8, 4) is 0 Å². The number of carboxylic acid groups (broad SMARTS) is 1. The van der Waals surface area contributed by atoms with Crippen molar-refractivity contribution in [1.29, 1.82) is 0 Å². The molecular weight excluding hydrogens is 344 g/mol. The fourth-order valence-corrected chi connectivity index (χ4v) is 2.36. The summed E-state index contributed by atoms with van der Waals surface area (Å²) in [6.45, 7) is 0.606. The van der Waals surface area contributed by atoms with Gasteiger partial charge < -0.3 is 10.0 Å². The van der Waals surface area contributed by atoms with Crippen LogP contribution < -0.4 is 4.90 Å². The number of benzene rings is 1. The topological polar surface area (TPSA) is 53.4 Å². The molecule has 104 valence electrons. The zero-order chi connectivity index (χ0) is 14.7. The van der Waals surface area contributed by atoms with Crippen molar-refractivity contribution in [2.75, 3.05) is 11.9 Å². The molecule has 1 N–H and O–H groups in total. The highest BCUT2D eigenvalue weighted by Gasteiger charge is 2.13. The van der Waals surface area contributed by atoms with E-state index in [2.05, 4.69) is 20.9 Å². The van der Waals surface area contributed by atoms with Crippen molar-refractivity contribution < 1.29 is 9.90 Å². The zero-order valence-corrected chi connectivity index (χ0v) is 13.0. The molecule has 1 aromatic heterocycles. The molecule has 0 amide bonds. The Bertz CT molecular complexity index is 649. The maximum atomic E-state index is 11.1. The number of carboxylic acids is 1. The van der Waals surface area contributed by atoms with Gasteiger partial charge in [0.15, 0.2) is 0 Å². The Kier molecular flexibility index (Phi) is 4.62. The van der Waals surface area contributed by atoms with Crippen LogP contribution >= 0.6 is 27.5 Å². The maximum Gasteiger partial charge on any atom is 0.337 e. The summed E-state index contributed by atoms with van der Waals surface area (Å²) in [6, 6.07) is 9.32. The van der Waals surface area contributed by atoms with E-state index in [9.17, 15) is 4.79 Å². The number of hydrogen-bond acceptors (Lipinski definition) is 3. The minimum Gasteiger partial charge on any atom is -0.478 e. The quantitative estimate of drug-likeness (QED) is 0.905. The normalized spacial score (nSPS) is 10.3. The highest BCUT2D eigenvalue weighted by Crippen LogP contribution is 2.23. The lowest BCUT2D eigenvalue weighted by atomic mass is 10.2. The molecule has 0 fully saturated rings. The van der Waals surface area contributed by atoms with Crippen molar-refractivity contribution in [2.45, 2.75) is 6.54 Å². The first-order valence-corrected chi connectivity index (χ1v) is 6.99. The Hall–Kier alpha value is -1.59. The van der Waals surface area contributed by atoms with Crippen LogP contribution in [-0.4, -0.2) is 23.1 Å². The molecule has 1 heterocycles. The Morgan fingerprint density at radius 2 is 2.15 bits per heavy atom. The van der Waals surface area contributed by atoms with Gasteiger partial charge in [-0.3, -0.25) is 0 Å². The number of hydrogen-bond donors (Lipinski definition) is 1. The first-order valence-electron chi connectivity index (χ1n) is 5.82. The minimum atomic E-state index is -1.06. The van der Waals surface area contributed by atoms with E-state index < -0.39 is 5.97 Å². The molecule has 0 aliphatic rings. The third-order valence-electron chi connectivity index (χ3n) is 2.83. The summed E-state index contributed by atoms with van der Waals surface area (Å²) >= 11 is 9.30. The predicted molar refractivity (Wildman–Crippen MR) is 82.5 cm³/mol. The third-order valence-corrected chi connectivity index (χ3v) is 3.90. The van der Waals surface area contributed by atoms with Crippen molar-refractivity contribution in [1.82, 2.24) is 4.98 Å². The van der Waals surface area contributed by atoms with Gasteiger partial charge in [-0.2, -0.15) is 0 Å². The molecule has 2 aromatic rings. The van der Waals surface area contributed by atoms with Crippen molar-refractivity contribution >= 4 is 39.3 Å². The molecular formula is C14H12BrClN2O2. The smallest absolute Gasteiger partial charge is 0.337 e. The average molecular weight is 356 g/mol. The van der Waals surface area contributed by atoms with Gasteiger partial charge in [-0.15, -0.1) is 0 Å². The number of halogens is 2.